The van der Waals surface area contributed by atoms with Crippen LogP contribution in [0.1, 0.15) is 43.0 Å². The lowest BCUT2D eigenvalue weighted by Gasteiger charge is -2.24. The van der Waals surface area contributed by atoms with Gasteiger partial charge >= 0.3 is 0 Å². The van der Waals surface area contributed by atoms with Gasteiger partial charge < -0.3 is 10.4 Å². The molecule has 0 bridgehead atoms. The second-order valence-corrected chi connectivity index (χ2v) is 5.38. The Balaban J connectivity index is 2.15. The summed E-state index contributed by atoms with van der Waals surface area (Å²) in [6, 6.07) is 13.2. The summed E-state index contributed by atoms with van der Waals surface area (Å²) in [7, 11) is 0. The third-order valence-electron chi connectivity index (χ3n) is 3.73. The monoisotopic (exact) mass is 305 g/mol. The van der Waals surface area contributed by atoms with Crippen molar-refractivity contribution in [1.29, 1.82) is 0 Å². The van der Waals surface area contributed by atoms with Crippen molar-refractivity contribution in [1.82, 2.24) is 5.32 Å². The second-order valence-electron chi connectivity index (χ2n) is 5.38. The number of aliphatic hydroxyl groups is 1. The van der Waals surface area contributed by atoms with Gasteiger partial charge in [-0.2, -0.15) is 0 Å². The van der Waals surface area contributed by atoms with Crippen molar-refractivity contribution in [3.63, 3.8) is 0 Å². The van der Waals surface area contributed by atoms with E-state index in [2.05, 4.69) is 5.32 Å². The van der Waals surface area contributed by atoms with Crippen molar-refractivity contribution in [3.8, 4) is 0 Å². The Morgan fingerprint density at radius 1 is 1.09 bits per heavy atom. The van der Waals surface area contributed by atoms with Gasteiger partial charge in [-0.15, -0.1) is 0 Å². The third kappa shape index (κ3) is 4.36. The van der Waals surface area contributed by atoms with Gasteiger partial charge in [-0.3, -0.25) is 0 Å². The Morgan fingerprint density at radius 2 is 1.82 bits per heavy atom. The number of rotatable bonds is 7. The van der Waals surface area contributed by atoms with Gasteiger partial charge in [0.2, 0.25) is 0 Å². The third-order valence-corrected chi connectivity index (χ3v) is 3.73. The number of hydrogen-bond acceptors (Lipinski definition) is 2. The van der Waals surface area contributed by atoms with Crippen molar-refractivity contribution in [2.24, 2.45) is 0 Å². The van der Waals surface area contributed by atoms with Crippen LogP contribution in [0.3, 0.4) is 0 Å². The molecule has 0 aromatic heterocycles. The lowest BCUT2D eigenvalue weighted by molar-refractivity contribution is 0.272. The van der Waals surface area contributed by atoms with Crippen molar-refractivity contribution in [3.05, 3.63) is 71.3 Å². The molecule has 22 heavy (non-hydrogen) atoms. The summed E-state index contributed by atoms with van der Waals surface area (Å²) < 4.78 is 26.9. The molecular formula is C18H21F2NO. The minimum atomic E-state index is -0.576. The molecule has 0 fully saturated rings. The molecule has 0 heterocycles. The quantitative estimate of drug-likeness (QED) is 0.806. The predicted molar refractivity (Wildman–Crippen MR) is 83.4 cm³/mol. The van der Waals surface area contributed by atoms with Crippen LogP contribution >= 0.6 is 0 Å². The van der Waals surface area contributed by atoms with E-state index in [0.717, 1.165) is 18.1 Å². The van der Waals surface area contributed by atoms with Crippen LogP contribution in [0.5, 0.6) is 0 Å². The zero-order valence-electron chi connectivity index (χ0n) is 12.6. The molecule has 2 N–H and O–H groups in total. The van der Waals surface area contributed by atoms with Crippen LogP contribution in [0, 0.1) is 11.6 Å². The molecule has 2 unspecified atom stereocenters. The molecule has 0 saturated carbocycles. The maximum atomic E-state index is 13.9. The number of benzene rings is 2. The van der Waals surface area contributed by atoms with Gasteiger partial charge in [0, 0.05) is 30.3 Å². The van der Waals surface area contributed by atoms with E-state index in [4.69, 9.17) is 5.11 Å². The molecule has 0 aliphatic carbocycles. The van der Waals surface area contributed by atoms with Crippen LogP contribution in [0.2, 0.25) is 0 Å². The SMILES string of the molecule is CC(NC(CCCO)c1ccccc1)c1ccc(F)cc1F. The normalized spacial score (nSPS) is 13.8. The molecule has 0 saturated heterocycles. The van der Waals surface area contributed by atoms with Crippen molar-refractivity contribution in [2.75, 3.05) is 6.61 Å². The van der Waals surface area contributed by atoms with Crippen LogP contribution in [-0.2, 0) is 0 Å². The molecule has 2 rings (SSSR count). The molecule has 4 heteroatoms. The van der Waals surface area contributed by atoms with Gasteiger partial charge in [0.15, 0.2) is 0 Å². The van der Waals surface area contributed by atoms with Crippen molar-refractivity contribution >= 4 is 0 Å². The summed E-state index contributed by atoms with van der Waals surface area (Å²) in [5.74, 6) is -1.12. The topological polar surface area (TPSA) is 32.3 Å². The van der Waals surface area contributed by atoms with Gasteiger partial charge in [-0.1, -0.05) is 36.4 Å². The number of aliphatic hydroxyl groups excluding tert-OH is 1. The zero-order chi connectivity index (χ0) is 15.9. The maximum Gasteiger partial charge on any atom is 0.130 e. The first kappa shape index (κ1) is 16.6. The summed E-state index contributed by atoms with van der Waals surface area (Å²) in [6.07, 6.45) is 1.40. The molecule has 0 aliphatic heterocycles. The Morgan fingerprint density at radius 3 is 2.45 bits per heavy atom. The van der Waals surface area contributed by atoms with E-state index in [9.17, 15) is 8.78 Å². The van der Waals surface area contributed by atoms with Crippen LogP contribution in [0.25, 0.3) is 0 Å². The standard InChI is InChI=1S/C18H21F2NO/c1-13(16-10-9-15(19)12-17(16)20)21-18(8-5-11-22)14-6-3-2-4-7-14/h2-4,6-7,9-10,12-13,18,21-22H,5,8,11H2,1H3. The lowest BCUT2D eigenvalue weighted by atomic mass is 9.99. The van der Waals surface area contributed by atoms with Crippen LogP contribution in [-0.4, -0.2) is 11.7 Å². The van der Waals surface area contributed by atoms with Gasteiger partial charge in [0.25, 0.3) is 0 Å². The Bertz CT molecular complexity index is 589. The average Bonchev–Trinajstić information content (AvgIpc) is 2.52. The van der Waals surface area contributed by atoms with Gasteiger partial charge in [-0.25, -0.2) is 8.78 Å². The highest BCUT2D eigenvalue weighted by molar-refractivity contribution is 5.24. The molecule has 2 aromatic carbocycles. The van der Waals surface area contributed by atoms with E-state index in [1.165, 1.54) is 12.1 Å². The van der Waals surface area contributed by atoms with Crippen LogP contribution in [0.4, 0.5) is 8.78 Å². The summed E-state index contributed by atoms with van der Waals surface area (Å²) >= 11 is 0. The Kier molecular flexibility index (Phi) is 6.04. The molecule has 0 radical (unpaired) electrons. The smallest absolute Gasteiger partial charge is 0.130 e. The number of hydrogen-bond donors (Lipinski definition) is 2. The van der Waals surface area contributed by atoms with E-state index in [-0.39, 0.29) is 18.7 Å². The molecule has 2 aromatic rings. The highest BCUT2D eigenvalue weighted by Gasteiger charge is 2.17. The predicted octanol–water partition coefficient (Wildman–Crippen LogP) is 4.13. The first-order valence-corrected chi connectivity index (χ1v) is 7.48. The summed E-state index contributed by atoms with van der Waals surface area (Å²) in [5, 5.41) is 12.4. The van der Waals surface area contributed by atoms with Gasteiger partial charge in [-0.05, 0) is 31.4 Å². The van der Waals surface area contributed by atoms with Gasteiger partial charge in [0.1, 0.15) is 11.6 Å². The van der Waals surface area contributed by atoms with E-state index < -0.39 is 11.6 Å². The fraction of sp³-hybridized carbons (Fsp3) is 0.333. The highest BCUT2D eigenvalue weighted by atomic mass is 19.1. The molecular weight excluding hydrogens is 284 g/mol. The summed E-state index contributed by atoms with van der Waals surface area (Å²) in [6.45, 7) is 1.97. The van der Waals surface area contributed by atoms with Crippen LogP contribution in [0.15, 0.2) is 48.5 Å². The van der Waals surface area contributed by atoms with E-state index >= 15 is 0 Å². The fourth-order valence-electron chi connectivity index (χ4n) is 2.57. The molecule has 0 amide bonds. The molecule has 0 spiro atoms. The number of nitrogens with one attached hydrogen (secondary N) is 1. The fourth-order valence-corrected chi connectivity index (χ4v) is 2.57. The minimum absolute atomic E-state index is 0.00723. The highest BCUT2D eigenvalue weighted by Crippen LogP contribution is 2.25. The first-order valence-electron chi connectivity index (χ1n) is 7.48. The number of halogens is 2. The Labute approximate surface area is 129 Å². The van der Waals surface area contributed by atoms with Crippen molar-refractivity contribution in [2.45, 2.75) is 31.8 Å². The summed E-state index contributed by atoms with van der Waals surface area (Å²) in [5.41, 5.74) is 1.52. The van der Waals surface area contributed by atoms with Crippen LogP contribution < -0.4 is 5.32 Å². The minimum Gasteiger partial charge on any atom is -0.396 e. The van der Waals surface area contributed by atoms with Gasteiger partial charge in [0.05, 0.1) is 0 Å². The summed E-state index contributed by atoms with van der Waals surface area (Å²) in [4.78, 5) is 0. The Hall–Kier alpha value is -1.78. The van der Waals surface area contributed by atoms with E-state index in [1.54, 1.807) is 0 Å². The maximum absolute atomic E-state index is 13.9. The molecule has 2 atom stereocenters. The average molecular weight is 305 g/mol. The van der Waals surface area contributed by atoms with E-state index in [1.807, 2.05) is 37.3 Å². The van der Waals surface area contributed by atoms with E-state index in [0.29, 0.717) is 12.0 Å². The molecule has 2 nitrogen and oxygen atoms in total. The zero-order valence-corrected chi connectivity index (χ0v) is 12.6. The first-order chi connectivity index (χ1) is 10.6. The lowest BCUT2D eigenvalue weighted by Crippen LogP contribution is -2.25. The van der Waals surface area contributed by atoms with Crippen molar-refractivity contribution < 1.29 is 13.9 Å². The largest absolute Gasteiger partial charge is 0.396 e. The molecule has 118 valence electrons. The second kappa shape index (κ2) is 8.01. The molecule has 0 aliphatic rings.